The first-order chi connectivity index (χ1) is 8.75. The molecule has 0 atom stereocenters. The van der Waals surface area contributed by atoms with Gasteiger partial charge in [-0.1, -0.05) is 20.8 Å². The third-order valence-corrected chi connectivity index (χ3v) is 3.59. The van der Waals surface area contributed by atoms with Gasteiger partial charge in [-0.3, -0.25) is 9.88 Å². The van der Waals surface area contributed by atoms with Gasteiger partial charge in [0, 0.05) is 0 Å². The smallest absolute Gasteiger partial charge is 0.407 e. The highest BCUT2D eigenvalue weighted by atomic mass is 16.4. The molecule has 2 rings (SSSR count). The Morgan fingerprint density at radius 1 is 1.37 bits per heavy atom. The third-order valence-electron chi connectivity index (χ3n) is 3.59. The van der Waals surface area contributed by atoms with Crippen LogP contribution >= 0.6 is 0 Å². The second-order valence-corrected chi connectivity index (χ2v) is 6.03. The average Bonchev–Trinajstić information content (AvgIpc) is 2.71. The van der Waals surface area contributed by atoms with E-state index in [0.717, 1.165) is 22.4 Å². The highest BCUT2D eigenvalue weighted by Crippen LogP contribution is 2.34. The number of hydrogen-bond donors (Lipinski definition) is 2. The number of aliphatic hydroxyl groups excluding tert-OH is 1. The molecule has 0 fully saturated rings. The largest absolute Gasteiger partial charge is 0.465 e. The van der Waals surface area contributed by atoms with Gasteiger partial charge >= 0.3 is 6.09 Å². The Hall–Kier alpha value is -1.62. The molecule has 0 saturated heterocycles. The first-order valence-electron chi connectivity index (χ1n) is 6.36. The predicted octanol–water partition coefficient (Wildman–Crippen LogP) is 2.17. The van der Waals surface area contributed by atoms with Gasteiger partial charge < -0.3 is 10.2 Å². The molecule has 0 bridgehead atoms. The van der Waals surface area contributed by atoms with E-state index in [1.807, 2.05) is 6.92 Å². The quantitative estimate of drug-likeness (QED) is 0.815. The van der Waals surface area contributed by atoms with Crippen molar-refractivity contribution in [2.24, 2.45) is 0 Å². The van der Waals surface area contributed by atoms with Gasteiger partial charge in [0.1, 0.15) is 0 Å². The molecule has 2 heterocycles. The van der Waals surface area contributed by atoms with Crippen molar-refractivity contribution in [3.05, 3.63) is 28.1 Å². The molecule has 19 heavy (non-hydrogen) atoms. The van der Waals surface area contributed by atoms with E-state index in [0.29, 0.717) is 18.8 Å². The second-order valence-electron chi connectivity index (χ2n) is 6.03. The van der Waals surface area contributed by atoms with Crippen molar-refractivity contribution in [3.8, 4) is 0 Å². The summed E-state index contributed by atoms with van der Waals surface area (Å²) in [7, 11) is 0. The minimum Gasteiger partial charge on any atom is -0.465 e. The standard InChI is InChI=1S/C14H20N2O3/c1-8-9-5-16(13(18)19)6-10(9)15-11(7-17)12(8)14(2,3)4/h17H,5-7H2,1-4H3,(H,18,19). The summed E-state index contributed by atoms with van der Waals surface area (Å²) in [4.78, 5) is 16.9. The molecule has 0 unspecified atom stereocenters. The van der Waals surface area contributed by atoms with E-state index in [1.165, 1.54) is 4.90 Å². The van der Waals surface area contributed by atoms with Crippen LogP contribution in [0.5, 0.6) is 0 Å². The molecule has 1 aliphatic heterocycles. The molecule has 0 saturated carbocycles. The number of carbonyl (C=O) groups is 1. The fourth-order valence-corrected chi connectivity index (χ4v) is 2.88. The van der Waals surface area contributed by atoms with Crippen molar-refractivity contribution in [2.75, 3.05) is 0 Å². The monoisotopic (exact) mass is 264 g/mol. The highest BCUT2D eigenvalue weighted by molar-refractivity contribution is 5.66. The van der Waals surface area contributed by atoms with Crippen LogP contribution in [0.2, 0.25) is 0 Å². The Bertz CT molecular complexity index is 532. The van der Waals surface area contributed by atoms with Crippen LogP contribution in [0.4, 0.5) is 4.79 Å². The van der Waals surface area contributed by atoms with Crippen LogP contribution in [-0.4, -0.2) is 26.2 Å². The minimum absolute atomic E-state index is 0.117. The van der Waals surface area contributed by atoms with Gasteiger partial charge in [-0.25, -0.2) is 4.79 Å². The maximum absolute atomic E-state index is 11.1. The Morgan fingerprint density at radius 3 is 2.47 bits per heavy atom. The van der Waals surface area contributed by atoms with Crippen molar-refractivity contribution < 1.29 is 15.0 Å². The van der Waals surface area contributed by atoms with Gasteiger partial charge in [0.05, 0.1) is 31.1 Å². The molecule has 0 aromatic carbocycles. The Balaban J connectivity index is 2.58. The molecule has 1 aromatic rings. The molecule has 0 aliphatic carbocycles. The lowest BCUT2D eigenvalue weighted by molar-refractivity contribution is 0.145. The maximum Gasteiger partial charge on any atom is 0.407 e. The molecule has 1 amide bonds. The molecular formula is C14H20N2O3. The van der Waals surface area contributed by atoms with E-state index in [-0.39, 0.29) is 12.0 Å². The first-order valence-corrected chi connectivity index (χ1v) is 6.36. The SMILES string of the molecule is Cc1c2c(nc(CO)c1C(C)(C)C)CN(C(=O)O)C2. The van der Waals surface area contributed by atoms with Crippen LogP contribution in [0.3, 0.4) is 0 Å². The summed E-state index contributed by atoms with van der Waals surface area (Å²) in [6, 6.07) is 0. The van der Waals surface area contributed by atoms with Gasteiger partial charge in [-0.2, -0.15) is 0 Å². The average molecular weight is 264 g/mol. The van der Waals surface area contributed by atoms with Crippen LogP contribution in [0.1, 0.15) is 48.8 Å². The number of aromatic nitrogens is 1. The van der Waals surface area contributed by atoms with Crippen LogP contribution in [-0.2, 0) is 25.1 Å². The molecule has 0 spiro atoms. The fourth-order valence-electron chi connectivity index (χ4n) is 2.88. The summed E-state index contributed by atoms with van der Waals surface area (Å²) in [6.45, 7) is 8.80. The van der Waals surface area contributed by atoms with Crippen molar-refractivity contribution in [1.29, 1.82) is 0 Å². The lowest BCUT2D eigenvalue weighted by Crippen LogP contribution is -2.22. The summed E-state index contributed by atoms with van der Waals surface area (Å²) in [5, 5.41) is 18.6. The molecular weight excluding hydrogens is 244 g/mol. The van der Waals surface area contributed by atoms with Gasteiger partial charge in [0.15, 0.2) is 0 Å². The predicted molar refractivity (Wildman–Crippen MR) is 70.9 cm³/mol. The number of fused-ring (bicyclic) bond motifs is 1. The Kier molecular flexibility index (Phi) is 3.26. The van der Waals surface area contributed by atoms with Gasteiger partial charge in [0.2, 0.25) is 0 Å². The van der Waals surface area contributed by atoms with Gasteiger partial charge in [0.25, 0.3) is 0 Å². The summed E-state index contributed by atoms with van der Waals surface area (Å²) in [6.07, 6.45) is -0.930. The van der Waals surface area contributed by atoms with Gasteiger partial charge in [-0.05, 0) is 29.0 Å². The van der Waals surface area contributed by atoms with E-state index in [9.17, 15) is 9.90 Å². The van der Waals surface area contributed by atoms with Crippen LogP contribution < -0.4 is 0 Å². The second kappa shape index (κ2) is 4.49. The Labute approximate surface area is 112 Å². The first kappa shape index (κ1) is 13.8. The number of amides is 1. The van der Waals surface area contributed by atoms with Gasteiger partial charge in [-0.15, -0.1) is 0 Å². The molecule has 5 nitrogen and oxygen atoms in total. The zero-order chi connectivity index (χ0) is 14.4. The molecule has 104 valence electrons. The molecule has 2 N–H and O–H groups in total. The van der Waals surface area contributed by atoms with E-state index >= 15 is 0 Å². The minimum atomic E-state index is -0.930. The van der Waals surface area contributed by atoms with Crippen LogP contribution in [0, 0.1) is 6.92 Å². The number of carboxylic acid groups (broad SMARTS) is 1. The van der Waals surface area contributed by atoms with E-state index in [2.05, 4.69) is 25.8 Å². The number of rotatable bonds is 1. The maximum atomic E-state index is 11.1. The molecule has 0 radical (unpaired) electrons. The molecule has 1 aliphatic rings. The Morgan fingerprint density at radius 2 is 2.00 bits per heavy atom. The highest BCUT2D eigenvalue weighted by Gasteiger charge is 2.31. The fraction of sp³-hybridized carbons (Fsp3) is 0.571. The normalized spacial score (nSPS) is 14.7. The third kappa shape index (κ3) is 2.30. The van der Waals surface area contributed by atoms with E-state index < -0.39 is 6.09 Å². The summed E-state index contributed by atoms with van der Waals surface area (Å²) >= 11 is 0. The zero-order valence-corrected chi connectivity index (χ0v) is 11.8. The summed E-state index contributed by atoms with van der Waals surface area (Å²) in [5.74, 6) is 0. The van der Waals surface area contributed by atoms with Crippen LogP contribution in [0.15, 0.2) is 0 Å². The van der Waals surface area contributed by atoms with Crippen LogP contribution in [0.25, 0.3) is 0 Å². The number of nitrogens with zero attached hydrogens (tertiary/aromatic N) is 2. The molecule has 1 aromatic heterocycles. The lowest BCUT2D eigenvalue weighted by Gasteiger charge is -2.25. The van der Waals surface area contributed by atoms with Crippen molar-refractivity contribution in [3.63, 3.8) is 0 Å². The lowest BCUT2D eigenvalue weighted by atomic mass is 9.81. The van der Waals surface area contributed by atoms with Crippen molar-refractivity contribution >= 4 is 6.09 Å². The van der Waals surface area contributed by atoms with E-state index in [4.69, 9.17) is 5.11 Å². The summed E-state index contributed by atoms with van der Waals surface area (Å²) < 4.78 is 0. The topological polar surface area (TPSA) is 73.7 Å². The number of pyridine rings is 1. The molecule has 5 heteroatoms. The summed E-state index contributed by atoms with van der Waals surface area (Å²) in [5.41, 5.74) is 4.39. The van der Waals surface area contributed by atoms with E-state index in [1.54, 1.807) is 0 Å². The number of hydrogen-bond acceptors (Lipinski definition) is 3. The van der Waals surface area contributed by atoms with Crippen molar-refractivity contribution in [1.82, 2.24) is 9.88 Å². The number of aliphatic hydroxyl groups is 1. The van der Waals surface area contributed by atoms with Crippen molar-refractivity contribution in [2.45, 2.75) is 52.8 Å². The zero-order valence-electron chi connectivity index (χ0n) is 11.8.